The topological polar surface area (TPSA) is 27.8 Å². The second-order valence-corrected chi connectivity index (χ2v) is 4.36. The van der Waals surface area contributed by atoms with E-state index >= 15 is 0 Å². The number of aromatic amines is 1. The quantitative estimate of drug-likeness (QED) is 0.817. The molecule has 16 heavy (non-hydrogen) atoms. The Morgan fingerprint density at radius 1 is 1.38 bits per heavy atom. The van der Waals surface area contributed by atoms with Crippen LogP contribution in [0.2, 0.25) is 0 Å². The van der Waals surface area contributed by atoms with Crippen LogP contribution in [0, 0.1) is 5.82 Å². The van der Waals surface area contributed by atoms with Crippen molar-refractivity contribution >= 4 is 10.9 Å². The van der Waals surface area contributed by atoms with Crippen LogP contribution in [-0.2, 0) is 6.54 Å². The summed E-state index contributed by atoms with van der Waals surface area (Å²) in [4.78, 5) is 3.20. The van der Waals surface area contributed by atoms with E-state index in [1.54, 1.807) is 6.07 Å². The van der Waals surface area contributed by atoms with Crippen LogP contribution in [0.5, 0.6) is 0 Å². The molecule has 2 rings (SSSR count). The molecular weight excluding hydrogens is 203 g/mol. The first-order valence-electron chi connectivity index (χ1n) is 5.58. The van der Waals surface area contributed by atoms with Gasteiger partial charge in [0.2, 0.25) is 0 Å². The Morgan fingerprint density at radius 2 is 2.12 bits per heavy atom. The van der Waals surface area contributed by atoms with Gasteiger partial charge in [-0.1, -0.05) is 26.0 Å². The van der Waals surface area contributed by atoms with Crippen LogP contribution in [-0.4, -0.2) is 12.0 Å². The largest absolute Gasteiger partial charge is 0.356 e. The molecule has 3 heteroatoms. The van der Waals surface area contributed by atoms with Crippen molar-refractivity contribution in [2.45, 2.75) is 26.3 Å². The molecule has 2 aromatic rings. The van der Waals surface area contributed by atoms with Crippen molar-refractivity contribution in [2.75, 3.05) is 7.05 Å². The lowest BCUT2D eigenvalue weighted by molar-refractivity contribution is 0.636. The average Bonchev–Trinajstić information content (AvgIpc) is 2.60. The summed E-state index contributed by atoms with van der Waals surface area (Å²) in [5.74, 6) is 0.192. The third-order valence-corrected chi connectivity index (χ3v) is 2.85. The van der Waals surface area contributed by atoms with Gasteiger partial charge in [-0.25, -0.2) is 4.39 Å². The molecule has 0 amide bonds. The predicted octanol–water partition coefficient (Wildman–Crippen LogP) is 3.15. The van der Waals surface area contributed by atoms with Crippen molar-refractivity contribution in [3.8, 4) is 0 Å². The Kier molecular flexibility index (Phi) is 2.97. The normalized spacial score (nSPS) is 11.6. The van der Waals surface area contributed by atoms with Gasteiger partial charge in [-0.15, -0.1) is 0 Å². The summed E-state index contributed by atoms with van der Waals surface area (Å²) in [6.45, 7) is 4.99. The lowest BCUT2D eigenvalue weighted by atomic mass is 10.0. The van der Waals surface area contributed by atoms with Crippen LogP contribution in [0.25, 0.3) is 10.9 Å². The number of halogens is 1. The minimum absolute atomic E-state index is 0.179. The van der Waals surface area contributed by atoms with Crippen LogP contribution in [0.1, 0.15) is 31.0 Å². The highest BCUT2D eigenvalue weighted by Gasteiger charge is 2.15. The summed E-state index contributed by atoms with van der Waals surface area (Å²) in [6, 6.07) is 5.22. The zero-order valence-electron chi connectivity index (χ0n) is 9.89. The summed E-state index contributed by atoms with van der Waals surface area (Å²) < 4.78 is 13.6. The zero-order valence-corrected chi connectivity index (χ0v) is 9.89. The van der Waals surface area contributed by atoms with Gasteiger partial charge in [-0.2, -0.15) is 0 Å². The van der Waals surface area contributed by atoms with Gasteiger partial charge in [-0.3, -0.25) is 0 Å². The smallest absolute Gasteiger partial charge is 0.147 e. The van der Waals surface area contributed by atoms with Gasteiger partial charge in [0.1, 0.15) is 5.82 Å². The summed E-state index contributed by atoms with van der Waals surface area (Å²) >= 11 is 0. The molecule has 86 valence electrons. The molecule has 1 aromatic carbocycles. The molecule has 0 saturated heterocycles. The van der Waals surface area contributed by atoms with Crippen molar-refractivity contribution < 1.29 is 4.39 Å². The van der Waals surface area contributed by atoms with Gasteiger partial charge in [0.05, 0.1) is 5.52 Å². The third kappa shape index (κ3) is 1.71. The van der Waals surface area contributed by atoms with Gasteiger partial charge in [0.15, 0.2) is 0 Å². The molecule has 2 nitrogen and oxygen atoms in total. The van der Waals surface area contributed by atoms with Crippen molar-refractivity contribution in [1.82, 2.24) is 10.3 Å². The van der Waals surface area contributed by atoms with Gasteiger partial charge >= 0.3 is 0 Å². The number of aromatic nitrogens is 1. The summed E-state index contributed by atoms with van der Waals surface area (Å²) in [6.07, 6.45) is 0. The Morgan fingerprint density at radius 3 is 2.75 bits per heavy atom. The number of hydrogen-bond donors (Lipinski definition) is 2. The predicted molar refractivity (Wildman–Crippen MR) is 65.1 cm³/mol. The first-order valence-corrected chi connectivity index (χ1v) is 5.58. The molecule has 0 bridgehead atoms. The molecule has 0 saturated carbocycles. The van der Waals surface area contributed by atoms with E-state index in [1.165, 1.54) is 11.6 Å². The average molecular weight is 220 g/mol. The van der Waals surface area contributed by atoms with Gasteiger partial charge in [0, 0.05) is 17.6 Å². The van der Waals surface area contributed by atoms with E-state index in [1.807, 2.05) is 13.1 Å². The second-order valence-electron chi connectivity index (χ2n) is 4.36. The second kappa shape index (κ2) is 4.26. The maximum Gasteiger partial charge on any atom is 0.147 e. The number of para-hydroxylation sites is 1. The molecule has 0 aliphatic heterocycles. The monoisotopic (exact) mass is 220 g/mol. The van der Waals surface area contributed by atoms with E-state index in [0.29, 0.717) is 11.4 Å². The molecule has 0 fully saturated rings. The maximum atomic E-state index is 13.6. The first kappa shape index (κ1) is 11.1. The van der Waals surface area contributed by atoms with Crippen LogP contribution in [0.15, 0.2) is 18.2 Å². The Labute approximate surface area is 94.9 Å². The highest BCUT2D eigenvalue weighted by atomic mass is 19.1. The summed E-state index contributed by atoms with van der Waals surface area (Å²) in [5, 5.41) is 4.12. The molecule has 1 heterocycles. The molecular formula is C13H17FN2. The lowest BCUT2D eigenvalue weighted by Crippen LogP contribution is -2.07. The fraction of sp³-hybridized carbons (Fsp3) is 0.385. The minimum Gasteiger partial charge on any atom is -0.356 e. The standard InChI is InChI=1S/C13H17FN2/c1-8(2)12-10(7-15-3)9-5-4-6-11(14)13(9)16-12/h4-6,8,15-16H,7H2,1-3H3. The van der Waals surface area contributed by atoms with Crippen LogP contribution >= 0.6 is 0 Å². The van der Waals surface area contributed by atoms with E-state index < -0.39 is 0 Å². The molecule has 0 radical (unpaired) electrons. The number of nitrogens with one attached hydrogen (secondary N) is 2. The number of rotatable bonds is 3. The maximum absolute atomic E-state index is 13.6. The van der Waals surface area contributed by atoms with Crippen molar-refractivity contribution in [3.05, 3.63) is 35.3 Å². The van der Waals surface area contributed by atoms with Gasteiger partial charge in [-0.05, 0) is 24.6 Å². The molecule has 0 atom stereocenters. The van der Waals surface area contributed by atoms with Gasteiger partial charge in [0.25, 0.3) is 0 Å². The van der Waals surface area contributed by atoms with E-state index in [-0.39, 0.29) is 5.82 Å². The zero-order chi connectivity index (χ0) is 11.7. The van der Waals surface area contributed by atoms with Crippen LogP contribution in [0.3, 0.4) is 0 Å². The molecule has 0 aliphatic rings. The fourth-order valence-corrected chi connectivity index (χ4v) is 2.12. The highest BCUT2D eigenvalue weighted by molar-refractivity contribution is 5.85. The number of fused-ring (bicyclic) bond motifs is 1. The van der Waals surface area contributed by atoms with E-state index in [2.05, 4.69) is 24.1 Å². The molecule has 0 unspecified atom stereocenters. The van der Waals surface area contributed by atoms with Crippen molar-refractivity contribution in [1.29, 1.82) is 0 Å². The van der Waals surface area contributed by atoms with Crippen LogP contribution in [0.4, 0.5) is 4.39 Å². The van der Waals surface area contributed by atoms with Crippen LogP contribution < -0.4 is 5.32 Å². The van der Waals surface area contributed by atoms with Crippen molar-refractivity contribution in [3.63, 3.8) is 0 Å². The first-order chi connectivity index (χ1) is 7.65. The fourth-order valence-electron chi connectivity index (χ4n) is 2.12. The number of hydrogen-bond acceptors (Lipinski definition) is 1. The third-order valence-electron chi connectivity index (χ3n) is 2.85. The SMILES string of the molecule is CNCc1c(C(C)C)[nH]c2c(F)cccc12. The number of benzene rings is 1. The molecule has 2 N–H and O–H groups in total. The minimum atomic E-state index is -0.179. The Balaban J connectivity index is 2.70. The molecule has 0 aliphatic carbocycles. The molecule has 0 spiro atoms. The summed E-state index contributed by atoms with van der Waals surface area (Å²) in [7, 11) is 1.90. The number of H-pyrrole nitrogens is 1. The molecule has 1 aromatic heterocycles. The Hall–Kier alpha value is -1.35. The van der Waals surface area contributed by atoms with E-state index in [9.17, 15) is 4.39 Å². The van der Waals surface area contributed by atoms with E-state index in [4.69, 9.17) is 0 Å². The van der Waals surface area contributed by atoms with Crippen molar-refractivity contribution in [2.24, 2.45) is 0 Å². The van der Waals surface area contributed by atoms with Gasteiger partial charge < -0.3 is 10.3 Å². The van der Waals surface area contributed by atoms with E-state index in [0.717, 1.165) is 17.6 Å². The lowest BCUT2D eigenvalue weighted by Gasteiger charge is -2.06. The Bertz CT molecular complexity index is 500. The summed E-state index contributed by atoms with van der Waals surface area (Å²) in [5.41, 5.74) is 2.91. The highest BCUT2D eigenvalue weighted by Crippen LogP contribution is 2.28.